The van der Waals surface area contributed by atoms with Crippen LogP contribution in [0.1, 0.15) is 28.5 Å². The molecule has 2 heterocycles. The number of imidazole rings is 1. The van der Waals surface area contributed by atoms with Gasteiger partial charge < -0.3 is 14.8 Å². The van der Waals surface area contributed by atoms with E-state index < -0.39 is 6.10 Å². The van der Waals surface area contributed by atoms with Crippen molar-refractivity contribution in [1.82, 2.24) is 14.7 Å². The lowest BCUT2D eigenvalue weighted by molar-refractivity contribution is 0.174. The molecule has 5 heteroatoms. The van der Waals surface area contributed by atoms with Gasteiger partial charge in [-0.2, -0.15) is 5.26 Å². The number of nitrogens with zero attached hydrogens (tertiary/aromatic N) is 3. The van der Waals surface area contributed by atoms with Crippen molar-refractivity contribution in [3.05, 3.63) is 71.2 Å². The average Bonchev–Trinajstić information content (AvgIpc) is 2.97. The largest absolute Gasteiger partial charge is 0.387 e. The molecule has 0 amide bonds. The fourth-order valence-electron chi connectivity index (χ4n) is 2.47. The molecule has 1 aromatic carbocycles. The summed E-state index contributed by atoms with van der Waals surface area (Å²) in [5, 5.41) is 22.4. The van der Waals surface area contributed by atoms with Crippen LogP contribution >= 0.6 is 0 Å². The van der Waals surface area contributed by atoms with Crippen molar-refractivity contribution < 1.29 is 5.11 Å². The third-order valence-corrected chi connectivity index (χ3v) is 3.82. The summed E-state index contributed by atoms with van der Waals surface area (Å²) in [4.78, 5) is 4.31. The second kappa shape index (κ2) is 6.61. The Morgan fingerprint density at radius 1 is 1.26 bits per heavy atom. The Labute approximate surface area is 134 Å². The summed E-state index contributed by atoms with van der Waals surface area (Å²) in [5.74, 6) is 0. The van der Waals surface area contributed by atoms with Crippen LogP contribution in [0.5, 0.6) is 0 Å². The van der Waals surface area contributed by atoms with Gasteiger partial charge in [-0.15, -0.1) is 0 Å². The van der Waals surface area contributed by atoms with Crippen molar-refractivity contribution >= 4 is 5.65 Å². The van der Waals surface area contributed by atoms with E-state index in [0.717, 1.165) is 16.9 Å². The van der Waals surface area contributed by atoms with Crippen molar-refractivity contribution in [2.75, 3.05) is 6.54 Å². The van der Waals surface area contributed by atoms with E-state index in [1.807, 2.05) is 41.7 Å². The molecule has 0 fully saturated rings. The van der Waals surface area contributed by atoms with E-state index in [4.69, 9.17) is 5.26 Å². The normalized spacial score (nSPS) is 12.2. The van der Waals surface area contributed by atoms with Crippen molar-refractivity contribution in [2.45, 2.75) is 19.6 Å². The monoisotopic (exact) mass is 306 g/mol. The highest BCUT2D eigenvalue weighted by Gasteiger charge is 2.08. The summed E-state index contributed by atoms with van der Waals surface area (Å²) >= 11 is 0. The van der Waals surface area contributed by atoms with Crippen LogP contribution in [0.4, 0.5) is 0 Å². The van der Waals surface area contributed by atoms with Gasteiger partial charge in [0.2, 0.25) is 0 Å². The highest BCUT2D eigenvalue weighted by Crippen LogP contribution is 2.13. The van der Waals surface area contributed by atoms with Gasteiger partial charge in [-0.25, -0.2) is 4.98 Å². The van der Waals surface area contributed by atoms with Crippen LogP contribution in [0, 0.1) is 18.3 Å². The number of rotatable bonds is 5. The van der Waals surface area contributed by atoms with E-state index in [0.29, 0.717) is 18.7 Å². The van der Waals surface area contributed by atoms with Crippen LogP contribution in [0.3, 0.4) is 0 Å². The molecule has 1 atom stereocenters. The van der Waals surface area contributed by atoms with Gasteiger partial charge >= 0.3 is 0 Å². The van der Waals surface area contributed by atoms with Crippen LogP contribution in [0.25, 0.3) is 5.65 Å². The van der Waals surface area contributed by atoms with Gasteiger partial charge in [0.1, 0.15) is 11.7 Å². The third-order valence-electron chi connectivity index (χ3n) is 3.82. The zero-order valence-electron chi connectivity index (χ0n) is 12.9. The van der Waals surface area contributed by atoms with Gasteiger partial charge in [0, 0.05) is 19.3 Å². The molecule has 2 N–H and O–H groups in total. The first kappa shape index (κ1) is 15.2. The number of nitrogens with one attached hydrogen (secondary N) is 1. The van der Waals surface area contributed by atoms with Crippen molar-refractivity contribution in [3.8, 4) is 6.07 Å². The number of hydrogen-bond donors (Lipinski definition) is 2. The number of aromatic nitrogens is 2. The van der Waals surface area contributed by atoms with Crippen molar-refractivity contribution in [1.29, 1.82) is 5.26 Å². The predicted molar refractivity (Wildman–Crippen MR) is 87.8 cm³/mol. The number of aliphatic hydroxyl groups excluding tert-OH is 1. The lowest BCUT2D eigenvalue weighted by Gasteiger charge is -2.12. The van der Waals surface area contributed by atoms with E-state index in [9.17, 15) is 5.11 Å². The number of nitriles is 1. The molecule has 5 nitrogen and oxygen atoms in total. The van der Waals surface area contributed by atoms with Crippen molar-refractivity contribution in [3.63, 3.8) is 0 Å². The van der Waals surface area contributed by atoms with Crippen LogP contribution in [0.2, 0.25) is 0 Å². The maximum atomic E-state index is 10.2. The Morgan fingerprint density at radius 3 is 2.78 bits per heavy atom. The molecule has 0 aliphatic rings. The molecule has 116 valence electrons. The number of benzene rings is 1. The molecule has 23 heavy (non-hydrogen) atoms. The Kier molecular flexibility index (Phi) is 4.38. The van der Waals surface area contributed by atoms with Gasteiger partial charge in [0.05, 0.1) is 23.6 Å². The summed E-state index contributed by atoms with van der Waals surface area (Å²) in [6, 6.07) is 13.6. The smallest absolute Gasteiger partial charge is 0.137 e. The number of aliphatic hydroxyl groups is 1. The molecule has 0 saturated carbocycles. The highest BCUT2D eigenvalue weighted by molar-refractivity contribution is 5.44. The Morgan fingerprint density at radius 2 is 2.04 bits per heavy atom. The first-order valence-electron chi connectivity index (χ1n) is 7.49. The molecule has 0 aliphatic carbocycles. The SMILES string of the molecule is Cc1ccc(C(O)CNCc2cnc3ccc(C#N)cn23)cc1. The summed E-state index contributed by atoms with van der Waals surface area (Å²) in [7, 11) is 0. The minimum Gasteiger partial charge on any atom is -0.387 e. The topological polar surface area (TPSA) is 73.3 Å². The molecule has 0 bridgehead atoms. The molecule has 3 rings (SSSR count). The minimum absolute atomic E-state index is 0.453. The third kappa shape index (κ3) is 3.39. The van der Waals surface area contributed by atoms with Crippen LogP contribution in [-0.2, 0) is 6.54 Å². The molecule has 0 radical (unpaired) electrons. The number of fused-ring (bicyclic) bond motifs is 1. The molecular weight excluding hydrogens is 288 g/mol. The standard InChI is InChI=1S/C18H18N4O/c1-13-2-5-15(6-3-13)17(23)11-20-9-16-10-21-18-7-4-14(8-19)12-22(16)18/h2-7,10,12,17,20,23H,9,11H2,1H3. The first-order chi connectivity index (χ1) is 11.2. The summed E-state index contributed by atoms with van der Waals surface area (Å²) < 4.78 is 1.89. The molecule has 1 unspecified atom stereocenters. The summed E-state index contributed by atoms with van der Waals surface area (Å²) in [6.07, 6.45) is 3.00. The molecular formula is C18H18N4O. The first-order valence-corrected chi connectivity index (χ1v) is 7.49. The Balaban J connectivity index is 1.64. The fourth-order valence-corrected chi connectivity index (χ4v) is 2.47. The zero-order valence-corrected chi connectivity index (χ0v) is 12.9. The fraction of sp³-hybridized carbons (Fsp3) is 0.222. The lowest BCUT2D eigenvalue weighted by Crippen LogP contribution is -2.21. The maximum Gasteiger partial charge on any atom is 0.137 e. The van der Waals surface area contributed by atoms with E-state index in [1.54, 1.807) is 18.5 Å². The summed E-state index contributed by atoms with van der Waals surface area (Å²) in [5.41, 5.74) is 4.42. The Bertz CT molecular complexity index is 846. The van der Waals surface area contributed by atoms with Crippen LogP contribution in [0.15, 0.2) is 48.8 Å². The Hall–Kier alpha value is -2.68. The molecule has 0 aliphatic heterocycles. The van der Waals surface area contributed by atoms with Crippen LogP contribution in [-0.4, -0.2) is 21.0 Å². The van der Waals surface area contributed by atoms with E-state index in [-0.39, 0.29) is 0 Å². The second-order valence-corrected chi connectivity index (χ2v) is 5.56. The van der Waals surface area contributed by atoms with E-state index in [2.05, 4.69) is 16.4 Å². The molecule has 0 spiro atoms. The second-order valence-electron chi connectivity index (χ2n) is 5.56. The van der Waals surface area contributed by atoms with Gasteiger partial charge in [0.15, 0.2) is 0 Å². The zero-order chi connectivity index (χ0) is 16.2. The molecule has 3 aromatic rings. The van der Waals surface area contributed by atoms with Crippen LogP contribution < -0.4 is 5.32 Å². The quantitative estimate of drug-likeness (QED) is 0.759. The minimum atomic E-state index is -0.551. The van der Waals surface area contributed by atoms with Crippen molar-refractivity contribution in [2.24, 2.45) is 0 Å². The highest BCUT2D eigenvalue weighted by atomic mass is 16.3. The summed E-state index contributed by atoms with van der Waals surface area (Å²) in [6.45, 7) is 3.04. The van der Waals surface area contributed by atoms with E-state index in [1.165, 1.54) is 5.56 Å². The number of pyridine rings is 1. The lowest BCUT2D eigenvalue weighted by atomic mass is 10.1. The van der Waals surface area contributed by atoms with Gasteiger partial charge in [0.25, 0.3) is 0 Å². The van der Waals surface area contributed by atoms with Gasteiger partial charge in [-0.1, -0.05) is 29.8 Å². The molecule has 0 saturated heterocycles. The average molecular weight is 306 g/mol. The predicted octanol–water partition coefficient (Wildman–Crippen LogP) is 2.34. The maximum absolute atomic E-state index is 10.2. The number of aryl methyl sites for hydroxylation is 1. The number of hydrogen-bond acceptors (Lipinski definition) is 4. The molecule has 2 aromatic heterocycles. The van der Waals surface area contributed by atoms with E-state index >= 15 is 0 Å². The van der Waals surface area contributed by atoms with Gasteiger partial charge in [-0.3, -0.25) is 0 Å². The van der Waals surface area contributed by atoms with Gasteiger partial charge in [-0.05, 0) is 24.6 Å².